The molecule has 1 rings (SSSR count). The van der Waals surface area contributed by atoms with Gasteiger partial charge in [-0.05, 0) is 25.7 Å². The number of hydrogen-bond donors (Lipinski definition) is 1. The molecule has 0 aliphatic rings. The summed E-state index contributed by atoms with van der Waals surface area (Å²) in [6.45, 7) is 0. The maximum atomic E-state index is 12.4. The second-order valence-corrected chi connectivity index (χ2v) is 6.03. The number of sulfone groups is 1. The molecule has 12 heteroatoms. The maximum absolute atomic E-state index is 12.4. The van der Waals surface area contributed by atoms with E-state index in [2.05, 4.69) is 14.8 Å². The van der Waals surface area contributed by atoms with Crippen LogP contribution in [0, 0.1) is 0 Å². The van der Waals surface area contributed by atoms with E-state index in [4.69, 9.17) is 16.7 Å². The van der Waals surface area contributed by atoms with Gasteiger partial charge in [-0.3, -0.25) is 0 Å². The second-order valence-electron chi connectivity index (χ2n) is 3.67. The van der Waals surface area contributed by atoms with Crippen LogP contribution in [0.4, 0.5) is 13.6 Å². The molecular weight excluding hydrogens is 345 g/mol. The average molecular weight is 351 g/mol. The van der Waals surface area contributed by atoms with Gasteiger partial charge in [0.05, 0.1) is 21.0 Å². The molecule has 1 aromatic carbocycles. The Kier molecular flexibility index (Phi) is 5.17. The first-order valence-electron chi connectivity index (χ1n) is 4.80. The maximum Gasteiger partial charge on any atom is 0.410 e. The van der Waals surface area contributed by atoms with Crippen LogP contribution in [0.15, 0.2) is 17.0 Å². The molecule has 0 unspecified atom stereocenters. The predicted molar refractivity (Wildman–Crippen MR) is 59.8 cm³/mol. The van der Waals surface area contributed by atoms with Crippen LogP contribution in [0.25, 0.3) is 0 Å². The number of carbonyl (C=O) groups is 1. The minimum absolute atomic E-state index is 0.585. The van der Waals surface area contributed by atoms with Gasteiger partial charge in [0.15, 0.2) is 9.84 Å². The van der Waals surface area contributed by atoms with Crippen molar-refractivity contribution in [3.63, 3.8) is 0 Å². The van der Waals surface area contributed by atoms with Crippen molar-refractivity contribution in [3.05, 3.63) is 28.3 Å². The van der Waals surface area contributed by atoms with E-state index in [0.29, 0.717) is 12.3 Å². The van der Waals surface area contributed by atoms with Crippen molar-refractivity contribution in [2.24, 2.45) is 0 Å². The molecule has 0 saturated carbocycles. The highest BCUT2D eigenvalue weighted by atomic mass is 35.5. The summed E-state index contributed by atoms with van der Waals surface area (Å²) >= 11 is 5.55. The van der Waals surface area contributed by atoms with Crippen LogP contribution < -0.4 is 0 Å². The van der Waals surface area contributed by atoms with Crippen molar-refractivity contribution in [1.82, 2.24) is 0 Å². The molecule has 0 saturated heterocycles. The number of halogens is 4. The third kappa shape index (κ3) is 3.11. The number of aromatic carboxylic acids is 1. The number of carboxylic acids is 1. The summed E-state index contributed by atoms with van der Waals surface area (Å²) in [7, 11) is -4.23. The SMILES string of the molecule is CS(=O)(=O)c1ccc(C(=O)O)c(Cl)c1C(OF)(OF)OF. The number of carboxylic acid groups (broad SMARTS) is 1. The fraction of sp³-hybridized carbons (Fsp3) is 0.222. The van der Waals surface area contributed by atoms with Crippen LogP contribution in [-0.4, -0.2) is 25.7 Å². The third-order valence-electron chi connectivity index (χ3n) is 2.34. The Balaban J connectivity index is 3.89. The summed E-state index contributed by atoms with van der Waals surface area (Å²) < 4.78 is 60.4. The molecule has 0 fully saturated rings. The molecule has 0 aliphatic carbocycles. The summed E-state index contributed by atoms with van der Waals surface area (Å²) in [4.78, 5) is 18.4. The van der Waals surface area contributed by atoms with Gasteiger partial charge in [-0.1, -0.05) is 11.6 Å². The van der Waals surface area contributed by atoms with Gasteiger partial charge < -0.3 is 5.11 Å². The third-order valence-corrected chi connectivity index (χ3v) is 3.88. The highest BCUT2D eigenvalue weighted by molar-refractivity contribution is 7.90. The van der Waals surface area contributed by atoms with Crippen LogP contribution >= 0.6 is 11.6 Å². The molecule has 0 aliphatic heterocycles. The zero-order valence-corrected chi connectivity index (χ0v) is 11.5. The van der Waals surface area contributed by atoms with Crippen molar-refractivity contribution >= 4 is 27.4 Å². The Hall–Kier alpha value is -1.40. The van der Waals surface area contributed by atoms with E-state index >= 15 is 0 Å². The molecule has 0 spiro atoms. The molecule has 118 valence electrons. The molecule has 0 bridgehead atoms. The van der Waals surface area contributed by atoms with Crippen LogP contribution in [0.3, 0.4) is 0 Å². The van der Waals surface area contributed by atoms with Crippen molar-refractivity contribution in [2.75, 3.05) is 6.26 Å². The molecular formula is C9H6ClF3O7S. The number of benzene rings is 1. The van der Waals surface area contributed by atoms with E-state index < -0.39 is 42.8 Å². The van der Waals surface area contributed by atoms with E-state index in [0.717, 1.165) is 6.07 Å². The Labute approximate surface area is 120 Å². The predicted octanol–water partition coefficient (Wildman–Crippen LogP) is 2.26. The summed E-state index contributed by atoms with van der Waals surface area (Å²) in [6.07, 6.45) is 0.585. The lowest BCUT2D eigenvalue weighted by Crippen LogP contribution is -2.32. The minimum Gasteiger partial charge on any atom is -0.478 e. The summed E-state index contributed by atoms with van der Waals surface area (Å²) in [5.41, 5.74) is -2.14. The molecule has 0 radical (unpaired) electrons. The fourth-order valence-electron chi connectivity index (χ4n) is 1.47. The quantitative estimate of drug-likeness (QED) is 0.785. The molecule has 0 amide bonds. The number of hydrogen-bond acceptors (Lipinski definition) is 6. The normalized spacial score (nSPS) is 12.4. The topological polar surface area (TPSA) is 99.1 Å². The van der Waals surface area contributed by atoms with E-state index in [1.165, 1.54) is 0 Å². The van der Waals surface area contributed by atoms with Gasteiger partial charge in [0, 0.05) is 6.26 Å². The van der Waals surface area contributed by atoms with E-state index in [1.54, 1.807) is 0 Å². The van der Waals surface area contributed by atoms with Gasteiger partial charge >= 0.3 is 11.9 Å². The van der Waals surface area contributed by atoms with Crippen molar-refractivity contribution in [2.45, 2.75) is 10.9 Å². The fourth-order valence-corrected chi connectivity index (χ4v) is 2.80. The van der Waals surface area contributed by atoms with Crippen LogP contribution in [0.2, 0.25) is 5.02 Å². The molecule has 0 atom stereocenters. The van der Waals surface area contributed by atoms with Crippen molar-refractivity contribution in [3.8, 4) is 0 Å². The van der Waals surface area contributed by atoms with E-state index in [9.17, 15) is 26.8 Å². The van der Waals surface area contributed by atoms with Crippen LogP contribution in [-0.2, 0) is 30.6 Å². The van der Waals surface area contributed by atoms with Gasteiger partial charge in [-0.25, -0.2) is 13.2 Å². The Bertz CT molecular complexity index is 651. The second kappa shape index (κ2) is 6.15. The lowest BCUT2D eigenvalue weighted by molar-refractivity contribution is -0.560. The van der Waals surface area contributed by atoms with Gasteiger partial charge in [0.1, 0.15) is 0 Å². The highest BCUT2D eigenvalue weighted by Gasteiger charge is 2.48. The van der Waals surface area contributed by atoms with E-state index in [-0.39, 0.29) is 0 Å². The van der Waals surface area contributed by atoms with Crippen LogP contribution in [0.1, 0.15) is 15.9 Å². The molecule has 7 nitrogen and oxygen atoms in total. The number of rotatable bonds is 6. The Morgan fingerprint density at radius 1 is 1.24 bits per heavy atom. The first kappa shape index (κ1) is 17.7. The van der Waals surface area contributed by atoms with Crippen LogP contribution in [0.5, 0.6) is 0 Å². The summed E-state index contributed by atoms with van der Waals surface area (Å²) in [5.74, 6) is -5.63. The molecule has 1 aromatic rings. The Morgan fingerprint density at radius 2 is 1.71 bits per heavy atom. The zero-order chi connectivity index (χ0) is 16.4. The minimum atomic E-state index is -4.23. The monoisotopic (exact) mass is 350 g/mol. The average Bonchev–Trinajstić information content (AvgIpc) is 2.40. The standard InChI is InChI=1S/C9H6ClF3O7S/c1-21(16,17)5-3-2-4(8(14)15)7(10)6(5)9(18-11,19-12)20-13/h2-3H,1H3,(H,14,15). The summed E-state index contributed by atoms with van der Waals surface area (Å²) in [6, 6.07) is 1.34. The smallest absolute Gasteiger partial charge is 0.410 e. The summed E-state index contributed by atoms with van der Waals surface area (Å²) in [5, 5.41) is 7.77. The lowest BCUT2D eigenvalue weighted by Gasteiger charge is -2.23. The van der Waals surface area contributed by atoms with Crippen molar-refractivity contribution in [1.29, 1.82) is 0 Å². The zero-order valence-electron chi connectivity index (χ0n) is 9.97. The van der Waals surface area contributed by atoms with Gasteiger partial charge in [0.2, 0.25) is 0 Å². The lowest BCUT2D eigenvalue weighted by atomic mass is 10.1. The molecule has 21 heavy (non-hydrogen) atoms. The molecule has 0 heterocycles. The largest absolute Gasteiger partial charge is 0.478 e. The molecule has 1 N–H and O–H groups in total. The first-order valence-corrected chi connectivity index (χ1v) is 7.07. The van der Waals surface area contributed by atoms with Gasteiger partial charge in [0.25, 0.3) is 0 Å². The van der Waals surface area contributed by atoms with Gasteiger partial charge in [-0.15, -0.1) is 14.8 Å². The first-order chi connectivity index (χ1) is 9.64. The van der Waals surface area contributed by atoms with Gasteiger partial charge in [-0.2, -0.15) is 0 Å². The Morgan fingerprint density at radius 3 is 2.05 bits per heavy atom. The van der Waals surface area contributed by atoms with E-state index in [1.807, 2.05) is 0 Å². The molecule has 0 aromatic heterocycles. The highest BCUT2D eigenvalue weighted by Crippen LogP contribution is 2.41. The van der Waals surface area contributed by atoms with Crippen molar-refractivity contribution < 1.29 is 46.7 Å².